The molecular weight excluding hydrogens is 472 g/mol. The molecule has 2 fully saturated rings. The molecule has 0 spiro atoms. The topological polar surface area (TPSA) is 77.5 Å². The Hall–Kier alpha value is -3.68. The molecule has 5 rings (SSSR count). The van der Waals surface area contributed by atoms with Gasteiger partial charge >= 0.3 is 6.09 Å². The van der Waals surface area contributed by atoms with Crippen LogP contribution in [0.5, 0.6) is 17.2 Å². The van der Waals surface area contributed by atoms with Crippen LogP contribution in [-0.2, 0) is 9.53 Å². The molecule has 0 N–H and O–H groups in total. The SMILES string of the molecule is COc1cc(N2CC=C(Oc3ccc(C4CC4)cc3)C2=O)ccc1O[C@@H]1CCN(C(=O)OC(C)(C)C)C1. The van der Waals surface area contributed by atoms with Crippen molar-refractivity contribution in [3.05, 3.63) is 59.9 Å². The summed E-state index contributed by atoms with van der Waals surface area (Å²) in [5.74, 6) is 2.53. The first-order chi connectivity index (χ1) is 17.7. The number of nitrogens with zero attached hydrogens (tertiary/aromatic N) is 2. The minimum absolute atomic E-state index is 0.173. The van der Waals surface area contributed by atoms with Gasteiger partial charge in [-0.25, -0.2) is 4.79 Å². The van der Waals surface area contributed by atoms with Crippen LogP contribution in [0.4, 0.5) is 10.5 Å². The molecule has 0 unspecified atom stereocenters. The summed E-state index contributed by atoms with van der Waals surface area (Å²) in [7, 11) is 1.57. The number of hydrogen-bond donors (Lipinski definition) is 0. The van der Waals surface area contributed by atoms with E-state index in [0.29, 0.717) is 60.7 Å². The lowest BCUT2D eigenvalue weighted by Crippen LogP contribution is -2.36. The van der Waals surface area contributed by atoms with E-state index in [0.717, 1.165) is 0 Å². The van der Waals surface area contributed by atoms with Gasteiger partial charge in [0.2, 0.25) is 0 Å². The highest BCUT2D eigenvalue weighted by Crippen LogP contribution is 2.40. The summed E-state index contributed by atoms with van der Waals surface area (Å²) in [5.41, 5.74) is 1.47. The first-order valence-electron chi connectivity index (χ1n) is 12.8. The second-order valence-corrected chi connectivity index (χ2v) is 10.7. The van der Waals surface area contributed by atoms with Crippen molar-refractivity contribution >= 4 is 17.7 Å². The molecule has 3 aliphatic rings. The zero-order chi connectivity index (χ0) is 26.2. The van der Waals surface area contributed by atoms with Crippen LogP contribution in [0.2, 0.25) is 0 Å². The van der Waals surface area contributed by atoms with Gasteiger partial charge in [-0.15, -0.1) is 0 Å². The lowest BCUT2D eigenvalue weighted by atomic mass is 10.1. The molecule has 1 saturated heterocycles. The Labute approximate surface area is 217 Å². The van der Waals surface area contributed by atoms with Gasteiger partial charge in [0.15, 0.2) is 17.3 Å². The summed E-state index contributed by atoms with van der Waals surface area (Å²) in [4.78, 5) is 28.7. The number of anilines is 1. The van der Waals surface area contributed by atoms with Gasteiger partial charge in [-0.2, -0.15) is 0 Å². The maximum atomic E-state index is 13.1. The van der Waals surface area contributed by atoms with E-state index in [1.807, 2.05) is 39.0 Å². The van der Waals surface area contributed by atoms with Crippen molar-refractivity contribution in [3.8, 4) is 17.2 Å². The smallest absolute Gasteiger partial charge is 0.410 e. The Balaban J connectivity index is 1.19. The van der Waals surface area contributed by atoms with Crippen LogP contribution in [0.15, 0.2) is 54.3 Å². The quantitative estimate of drug-likeness (QED) is 0.509. The number of carbonyl (C=O) groups is 2. The number of hydrogen-bond acceptors (Lipinski definition) is 6. The molecule has 1 saturated carbocycles. The first-order valence-corrected chi connectivity index (χ1v) is 12.8. The standard InChI is InChI=1S/C29H34N2O6/c1-29(2,3)37-28(33)30-15-13-23(18-30)36-24-12-9-21(17-26(24)34-4)31-16-14-25(27(31)32)35-22-10-7-20(8-11-22)19-5-6-19/h7-12,14,17,19,23H,5-6,13,15-16,18H2,1-4H3/t23-/m1/s1. The number of amides is 2. The second kappa shape index (κ2) is 10.00. The Morgan fingerprint density at radius 3 is 2.43 bits per heavy atom. The van der Waals surface area contributed by atoms with Crippen molar-refractivity contribution in [2.24, 2.45) is 0 Å². The molecule has 2 aromatic rings. The van der Waals surface area contributed by atoms with Gasteiger partial charge in [0, 0.05) is 31.3 Å². The fourth-order valence-electron chi connectivity index (χ4n) is 4.55. The van der Waals surface area contributed by atoms with Crippen molar-refractivity contribution in [1.82, 2.24) is 4.90 Å². The summed E-state index contributed by atoms with van der Waals surface area (Å²) in [6.07, 6.45) is 4.47. The Morgan fingerprint density at radius 2 is 1.76 bits per heavy atom. The molecule has 2 aliphatic heterocycles. The maximum Gasteiger partial charge on any atom is 0.410 e. The predicted molar refractivity (Wildman–Crippen MR) is 139 cm³/mol. The van der Waals surface area contributed by atoms with E-state index in [2.05, 4.69) is 12.1 Å². The molecule has 0 bridgehead atoms. The predicted octanol–water partition coefficient (Wildman–Crippen LogP) is 5.27. The highest BCUT2D eigenvalue weighted by atomic mass is 16.6. The van der Waals surface area contributed by atoms with Gasteiger partial charge in [0.1, 0.15) is 17.5 Å². The summed E-state index contributed by atoms with van der Waals surface area (Å²) in [5, 5.41) is 0. The number of likely N-dealkylation sites (tertiary alicyclic amines) is 1. The van der Waals surface area contributed by atoms with Crippen LogP contribution < -0.4 is 19.1 Å². The van der Waals surface area contributed by atoms with E-state index in [9.17, 15) is 9.59 Å². The molecule has 0 aromatic heterocycles. The Bertz CT molecular complexity index is 1200. The van der Waals surface area contributed by atoms with E-state index in [1.165, 1.54) is 18.4 Å². The van der Waals surface area contributed by atoms with Gasteiger partial charge in [0.25, 0.3) is 5.91 Å². The highest BCUT2D eigenvalue weighted by Gasteiger charge is 2.32. The van der Waals surface area contributed by atoms with Gasteiger partial charge in [-0.05, 0) is 75.4 Å². The third-order valence-corrected chi connectivity index (χ3v) is 6.62. The third kappa shape index (κ3) is 5.84. The van der Waals surface area contributed by atoms with Crippen LogP contribution >= 0.6 is 0 Å². The lowest BCUT2D eigenvalue weighted by Gasteiger charge is -2.24. The Kier molecular flexibility index (Phi) is 6.75. The molecule has 8 nitrogen and oxygen atoms in total. The molecular formula is C29H34N2O6. The van der Waals surface area contributed by atoms with Crippen molar-refractivity contribution in [1.29, 1.82) is 0 Å². The largest absolute Gasteiger partial charge is 0.493 e. The third-order valence-electron chi connectivity index (χ3n) is 6.62. The van der Waals surface area contributed by atoms with E-state index in [-0.39, 0.29) is 18.1 Å². The fourth-order valence-corrected chi connectivity index (χ4v) is 4.55. The van der Waals surface area contributed by atoms with Crippen molar-refractivity contribution < 1.29 is 28.5 Å². The zero-order valence-electron chi connectivity index (χ0n) is 21.9. The molecule has 1 aliphatic carbocycles. The molecule has 2 heterocycles. The van der Waals surface area contributed by atoms with Gasteiger partial charge < -0.3 is 28.7 Å². The number of methoxy groups -OCH3 is 1. The monoisotopic (exact) mass is 506 g/mol. The minimum atomic E-state index is -0.539. The van der Waals surface area contributed by atoms with Crippen LogP contribution in [0.3, 0.4) is 0 Å². The van der Waals surface area contributed by atoms with E-state index >= 15 is 0 Å². The van der Waals surface area contributed by atoms with Gasteiger partial charge in [0.05, 0.1) is 13.7 Å². The number of ether oxygens (including phenoxy) is 4. The fraction of sp³-hybridized carbons (Fsp3) is 0.448. The highest BCUT2D eigenvalue weighted by molar-refractivity contribution is 6.07. The van der Waals surface area contributed by atoms with Gasteiger partial charge in [-0.3, -0.25) is 4.79 Å². The molecule has 2 aromatic carbocycles. The molecule has 8 heteroatoms. The maximum absolute atomic E-state index is 13.1. The van der Waals surface area contributed by atoms with E-state index in [1.54, 1.807) is 35.1 Å². The first kappa shape index (κ1) is 25.0. The second-order valence-electron chi connectivity index (χ2n) is 10.7. The number of benzene rings is 2. The van der Waals surface area contributed by atoms with Crippen molar-refractivity contribution in [3.63, 3.8) is 0 Å². The summed E-state index contributed by atoms with van der Waals surface area (Å²) in [6.45, 7) is 6.97. The Morgan fingerprint density at radius 1 is 1.00 bits per heavy atom. The molecule has 0 radical (unpaired) electrons. The van der Waals surface area contributed by atoms with E-state index in [4.69, 9.17) is 18.9 Å². The van der Waals surface area contributed by atoms with Gasteiger partial charge in [-0.1, -0.05) is 12.1 Å². The molecule has 37 heavy (non-hydrogen) atoms. The van der Waals surface area contributed by atoms with Crippen LogP contribution in [-0.4, -0.2) is 55.3 Å². The van der Waals surface area contributed by atoms with Crippen LogP contribution in [0.25, 0.3) is 0 Å². The van der Waals surface area contributed by atoms with Crippen LogP contribution in [0, 0.1) is 0 Å². The lowest BCUT2D eigenvalue weighted by molar-refractivity contribution is -0.116. The summed E-state index contributed by atoms with van der Waals surface area (Å²) >= 11 is 0. The summed E-state index contributed by atoms with van der Waals surface area (Å²) in [6, 6.07) is 13.4. The normalized spacial score (nSPS) is 19.6. The average molecular weight is 507 g/mol. The van der Waals surface area contributed by atoms with Crippen molar-refractivity contribution in [2.45, 2.75) is 57.7 Å². The minimum Gasteiger partial charge on any atom is -0.493 e. The molecule has 1 atom stereocenters. The van der Waals surface area contributed by atoms with E-state index < -0.39 is 5.60 Å². The zero-order valence-corrected chi connectivity index (χ0v) is 21.9. The number of rotatable bonds is 7. The molecule has 2 amide bonds. The average Bonchev–Trinajstić information content (AvgIpc) is 3.50. The number of carbonyl (C=O) groups excluding carboxylic acids is 2. The molecule has 196 valence electrons. The van der Waals surface area contributed by atoms with Crippen molar-refractivity contribution in [2.75, 3.05) is 31.6 Å². The summed E-state index contributed by atoms with van der Waals surface area (Å²) < 4.78 is 23.1. The van der Waals surface area contributed by atoms with Crippen LogP contribution in [0.1, 0.15) is 51.5 Å².